The van der Waals surface area contributed by atoms with Crippen LogP contribution in [-0.2, 0) is 6.61 Å². The third-order valence-electron chi connectivity index (χ3n) is 2.59. The summed E-state index contributed by atoms with van der Waals surface area (Å²) in [6.07, 6.45) is 1.48. The zero-order valence-corrected chi connectivity index (χ0v) is 11.1. The van der Waals surface area contributed by atoms with Crippen molar-refractivity contribution in [1.29, 1.82) is 0 Å². The van der Waals surface area contributed by atoms with Gasteiger partial charge in [0.15, 0.2) is 0 Å². The molecule has 0 aromatic heterocycles. The van der Waals surface area contributed by atoms with E-state index in [1.165, 1.54) is 18.3 Å². The predicted octanol–water partition coefficient (Wildman–Crippen LogP) is 2.41. The Labute approximate surface area is 121 Å². The molecule has 5 nitrogen and oxygen atoms in total. The van der Waals surface area contributed by atoms with E-state index in [2.05, 4.69) is 10.5 Å². The summed E-state index contributed by atoms with van der Waals surface area (Å²) >= 11 is 0. The van der Waals surface area contributed by atoms with Gasteiger partial charge < -0.3 is 10.5 Å². The van der Waals surface area contributed by atoms with Crippen LogP contribution in [0.25, 0.3) is 0 Å². The van der Waals surface area contributed by atoms with Crippen LogP contribution in [0.2, 0.25) is 0 Å². The summed E-state index contributed by atoms with van der Waals surface area (Å²) in [4.78, 5) is 10.4. The molecular weight excluding hydrogens is 273 g/mol. The Kier molecular flexibility index (Phi) is 4.87. The molecule has 0 aliphatic carbocycles. The van der Waals surface area contributed by atoms with Crippen molar-refractivity contribution in [2.24, 2.45) is 10.8 Å². The molecule has 2 rings (SSSR count). The molecule has 0 aliphatic rings. The second kappa shape index (κ2) is 7.04. The fourth-order valence-corrected chi connectivity index (χ4v) is 1.57. The van der Waals surface area contributed by atoms with Gasteiger partial charge in [0.05, 0.1) is 6.21 Å². The minimum absolute atomic E-state index is 0.296. The van der Waals surface area contributed by atoms with Gasteiger partial charge in [0.2, 0.25) is 0 Å². The van der Waals surface area contributed by atoms with E-state index >= 15 is 0 Å². The summed E-state index contributed by atoms with van der Waals surface area (Å²) in [6.45, 7) is 0.378. The third kappa shape index (κ3) is 4.94. The molecule has 0 unspecified atom stereocenters. The second-order valence-corrected chi connectivity index (χ2v) is 4.22. The molecule has 0 saturated heterocycles. The molecule has 0 radical (unpaired) electrons. The molecule has 0 fully saturated rings. The van der Waals surface area contributed by atoms with Gasteiger partial charge in [-0.2, -0.15) is 5.10 Å². The second-order valence-electron chi connectivity index (χ2n) is 4.22. The summed E-state index contributed by atoms with van der Waals surface area (Å²) in [5.41, 5.74) is 8.77. The number of carbonyl (C=O) groups excluding carboxylic acids is 1. The highest BCUT2D eigenvalue weighted by atomic mass is 19.1. The van der Waals surface area contributed by atoms with Gasteiger partial charge >= 0.3 is 6.03 Å². The number of nitrogens with zero attached hydrogens (tertiary/aromatic N) is 1. The first kappa shape index (κ1) is 14.5. The number of primary amides is 1. The van der Waals surface area contributed by atoms with Gasteiger partial charge in [-0.3, -0.25) is 0 Å². The Morgan fingerprint density at radius 3 is 2.48 bits per heavy atom. The zero-order chi connectivity index (χ0) is 15.1. The normalized spacial score (nSPS) is 10.5. The van der Waals surface area contributed by atoms with E-state index in [0.717, 1.165) is 11.1 Å². The van der Waals surface area contributed by atoms with Crippen molar-refractivity contribution in [3.63, 3.8) is 0 Å². The number of nitrogens with one attached hydrogen (secondary N) is 1. The summed E-state index contributed by atoms with van der Waals surface area (Å²) < 4.78 is 18.3. The average Bonchev–Trinajstić information content (AvgIpc) is 2.48. The number of halogens is 1. The summed E-state index contributed by atoms with van der Waals surface area (Å²) in [5.74, 6) is 0.309. The van der Waals surface area contributed by atoms with Crippen molar-refractivity contribution in [3.8, 4) is 5.75 Å². The first-order chi connectivity index (χ1) is 10.1. The molecule has 6 heteroatoms. The van der Waals surface area contributed by atoms with E-state index in [1.807, 2.05) is 24.3 Å². The number of urea groups is 1. The number of hydrogen-bond acceptors (Lipinski definition) is 3. The Morgan fingerprint density at radius 1 is 1.19 bits per heavy atom. The van der Waals surface area contributed by atoms with Gasteiger partial charge in [-0.05, 0) is 35.4 Å². The maximum atomic E-state index is 12.7. The Hall–Kier alpha value is -2.89. The topological polar surface area (TPSA) is 76.7 Å². The maximum Gasteiger partial charge on any atom is 0.332 e. The highest BCUT2D eigenvalue weighted by molar-refractivity contribution is 5.81. The van der Waals surface area contributed by atoms with Crippen LogP contribution in [0.4, 0.5) is 9.18 Å². The van der Waals surface area contributed by atoms with Crippen molar-refractivity contribution >= 4 is 12.2 Å². The first-order valence-electron chi connectivity index (χ1n) is 6.19. The minimum atomic E-state index is -0.712. The number of hydrogen-bond donors (Lipinski definition) is 2. The molecule has 0 heterocycles. The standard InChI is InChI=1S/C15H14FN3O2/c16-13-5-7-14(8-6-13)21-10-12-3-1-11(2-4-12)9-18-19-15(17)20/h1-9H,10H2,(H3,17,19,20). The number of ether oxygens (including phenoxy) is 1. The summed E-state index contributed by atoms with van der Waals surface area (Å²) in [7, 11) is 0. The highest BCUT2D eigenvalue weighted by Gasteiger charge is 1.97. The zero-order valence-electron chi connectivity index (χ0n) is 11.1. The predicted molar refractivity (Wildman–Crippen MR) is 77.5 cm³/mol. The van der Waals surface area contributed by atoms with Crippen LogP contribution < -0.4 is 15.9 Å². The molecule has 108 valence electrons. The van der Waals surface area contributed by atoms with Crippen LogP contribution in [0.15, 0.2) is 53.6 Å². The van der Waals surface area contributed by atoms with Crippen LogP contribution in [0, 0.1) is 5.82 Å². The molecule has 2 aromatic rings. The van der Waals surface area contributed by atoms with E-state index in [0.29, 0.717) is 12.4 Å². The minimum Gasteiger partial charge on any atom is -0.489 e. The number of benzene rings is 2. The summed E-state index contributed by atoms with van der Waals surface area (Å²) in [6, 6.07) is 12.5. The van der Waals surface area contributed by atoms with Gasteiger partial charge in [-0.25, -0.2) is 14.6 Å². The lowest BCUT2D eigenvalue weighted by Crippen LogP contribution is -2.24. The lowest BCUT2D eigenvalue weighted by atomic mass is 10.1. The smallest absolute Gasteiger partial charge is 0.332 e. The van der Waals surface area contributed by atoms with Crippen LogP contribution in [0.1, 0.15) is 11.1 Å². The molecule has 2 aromatic carbocycles. The molecule has 21 heavy (non-hydrogen) atoms. The molecule has 0 aliphatic heterocycles. The lowest BCUT2D eigenvalue weighted by Gasteiger charge is -2.06. The van der Waals surface area contributed by atoms with Crippen LogP contribution in [-0.4, -0.2) is 12.2 Å². The molecule has 0 atom stereocenters. The van der Waals surface area contributed by atoms with E-state index in [-0.39, 0.29) is 5.82 Å². The average molecular weight is 287 g/mol. The van der Waals surface area contributed by atoms with Crippen LogP contribution >= 0.6 is 0 Å². The van der Waals surface area contributed by atoms with E-state index in [4.69, 9.17) is 10.5 Å². The van der Waals surface area contributed by atoms with E-state index in [1.54, 1.807) is 12.1 Å². The lowest BCUT2D eigenvalue weighted by molar-refractivity contribution is 0.249. The van der Waals surface area contributed by atoms with Gasteiger partial charge in [-0.1, -0.05) is 24.3 Å². The SMILES string of the molecule is NC(=O)NN=Cc1ccc(COc2ccc(F)cc2)cc1. The molecule has 2 amide bonds. The van der Waals surface area contributed by atoms with Gasteiger partial charge in [-0.15, -0.1) is 0 Å². The van der Waals surface area contributed by atoms with Crippen molar-refractivity contribution in [2.45, 2.75) is 6.61 Å². The van der Waals surface area contributed by atoms with Crippen molar-refractivity contribution in [1.82, 2.24) is 5.43 Å². The van der Waals surface area contributed by atoms with Crippen molar-refractivity contribution < 1.29 is 13.9 Å². The number of carbonyl (C=O) groups is 1. The maximum absolute atomic E-state index is 12.7. The van der Waals surface area contributed by atoms with Gasteiger partial charge in [0.25, 0.3) is 0 Å². The van der Waals surface area contributed by atoms with Gasteiger partial charge in [0.1, 0.15) is 18.2 Å². The first-order valence-corrected chi connectivity index (χ1v) is 6.19. The fourth-order valence-electron chi connectivity index (χ4n) is 1.57. The monoisotopic (exact) mass is 287 g/mol. The van der Waals surface area contributed by atoms with Crippen LogP contribution in [0.3, 0.4) is 0 Å². The molecule has 0 bridgehead atoms. The van der Waals surface area contributed by atoms with Crippen molar-refractivity contribution in [3.05, 3.63) is 65.5 Å². The van der Waals surface area contributed by atoms with E-state index < -0.39 is 6.03 Å². The molecule has 0 spiro atoms. The Balaban J connectivity index is 1.88. The van der Waals surface area contributed by atoms with Gasteiger partial charge in [0, 0.05) is 0 Å². The third-order valence-corrected chi connectivity index (χ3v) is 2.59. The molecular formula is C15H14FN3O2. The fraction of sp³-hybridized carbons (Fsp3) is 0.0667. The largest absolute Gasteiger partial charge is 0.489 e. The van der Waals surface area contributed by atoms with E-state index in [9.17, 15) is 9.18 Å². The quantitative estimate of drug-likeness (QED) is 0.654. The Bertz CT molecular complexity index is 624. The number of hydrazone groups is 1. The number of rotatable bonds is 5. The molecule has 3 N–H and O–H groups in total. The van der Waals surface area contributed by atoms with Crippen molar-refractivity contribution in [2.75, 3.05) is 0 Å². The van der Waals surface area contributed by atoms with Crippen LogP contribution in [0.5, 0.6) is 5.75 Å². The number of nitrogens with two attached hydrogens (primary N) is 1. The summed E-state index contributed by atoms with van der Waals surface area (Å²) in [5, 5.41) is 3.66. The number of amides is 2. The highest BCUT2D eigenvalue weighted by Crippen LogP contribution is 2.13. The Morgan fingerprint density at radius 2 is 1.86 bits per heavy atom. The molecule has 0 saturated carbocycles.